The van der Waals surface area contributed by atoms with Crippen LogP contribution in [-0.4, -0.2) is 17.2 Å². The third kappa shape index (κ3) is 1.92. The van der Waals surface area contributed by atoms with E-state index in [1.807, 2.05) is 19.1 Å². The summed E-state index contributed by atoms with van der Waals surface area (Å²) in [5.41, 5.74) is 1.62. The zero-order valence-corrected chi connectivity index (χ0v) is 6.69. The first-order chi connectivity index (χ1) is 5.74. The van der Waals surface area contributed by atoms with Crippen LogP contribution in [0.1, 0.15) is 15.9 Å². The number of carbonyl (C=O) groups is 1. The van der Waals surface area contributed by atoms with Gasteiger partial charge in [0.05, 0.1) is 0 Å². The molecule has 0 aliphatic rings. The van der Waals surface area contributed by atoms with Gasteiger partial charge in [-0.1, -0.05) is 35.0 Å². The lowest BCUT2D eigenvalue weighted by Crippen LogP contribution is -1.99. The van der Waals surface area contributed by atoms with Gasteiger partial charge in [-0.15, -0.1) is 0 Å². The maximum Gasteiger partial charge on any atom is 0.207 e. The Hall–Kier alpha value is -1.64. The molecule has 0 bridgehead atoms. The van der Waals surface area contributed by atoms with Crippen LogP contribution in [0.3, 0.4) is 0 Å². The molecule has 0 saturated heterocycles. The highest BCUT2D eigenvalue weighted by Gasteiger charge is 2.00. The topological polar surface area (TPSA) is 49.7 Å². The first kappa shape index (κ1) is 8.46. The normalized spacial score (nSPS) is 10.4. The van der Waals surface area contributed by atoms with Crippen LogP contribution in [0.15, 0.2) is 29.4 Å². The molecule has 3 nitrogen and oxygen atoms in total. The molecule has 0 aliphatic carbocycles. The molecule has 0 atom stereocenters. The van der Waals surface area contributed by atoms with E-state index in [1.165, 1.54) is 0 Å². The lowest BCUT2D eigenvalue weighted by atomic mass is 10.1. The lowest BCUT2D eigenvalue weighted by Gasteiger charge is -1.94. The highest BCUT2D eigenvalue weighted by molar-refractivity contribution is 6.35. The molecule has 1 aromatic rings. The molecule has 1 rings (SSSR count). The van der Waals surface area contributed by atoms with Gasteiger partial charge in [0.2, 0.25) is 5.78 Å². The van der Waals surface area contributed by atoms with Crippen LogP contribution in [0.4, 0.5) is 0 Å². The summed E-state index contributed by atoms with van der Waals surface area (Å²) in [5, 5.41) is 10.8. The molecular weight excluding hydrogens is 154 g/mol. The van der Waals surface area contributed by atoms with E-state index in [9.17, 15) is 4.79 Å². The smallest absolute Gasteiger partial charge is 0.207 e. The van der Waals surface area contributed by atoms with Crippen LogP contribution in [-0.2, 0) is 0 Å². The van der Waals surface area contributed by atoms with Gasteiger partial charge in [-0.25, -0.2) is 0 Å². The predicted octanol–water partition coefficient (Wildman–Crippen LogP) is 1.64. The number of hydrogen-bond acceptors (Lipinski definition) is 3. The molecule has 1 N–H and O–H groups in total. The number of ketones is 1. The summed E-state index contributed by atoms with van der Waals surface area (Å²) in [6.45, 7) is 1.94. The van der Waals surface area contributed by atoms with Gasteiger partial charge >= 0.3 is 0 Å². The van der Waals surface area contributed by atoms with E-state index in [0.717, 1.165) is 11.8 Å². The molecule has 62 valence electrons. The van der Waals surface area contributed by atoms with Gasteiger partial charge in [0.1, 0.15) is 6.21 Å². The van der Waals surface area contributed by atoms with Crippen LogP contribution >= 0.6 is 0 Å². The van der Waals surface area contributed by atoms with Crippen molar-refractivity contribution in [2.75, 3.05) is 0 Å². The number of nitrogens with zero attached hydrogens (tertiary/aromatic N) is 1. The number of oxime groups is 1. The molecule has 0 fully saturated rings. The zero-order chi connectivity index (χ0) is 8.97. The van der Waals surface area contributed by atoms with E-state index in [4.69, 9.17) is 5.21 Å². The fraction of sp³-hybridized carbons (Fsp3) is 0.111. The first-order valence-corrected chi connectivity index (χ1v) is 3.52. The monoisotopic (exact) mass is 163 g/mol. The van der Waals surface area contributed by atoms with Crippen molar-refractivity contribution in [2.24, 2.45) is 5.16 Å². The van der Waals surface area contributed by atoms with E-state index in [2.05, 4.69) is 5.16 Å². The first-order valence-electron chi connectivity index (χ1n) is 3.52. The minimum atomic E-state index is -0.294. The van der Waals surface area contributed by atoms with Crippen molar-refractivity contribution >= 4 is 12.0 Å². The Morgan fingerprint density at radius 3 is 2.50 bits per heavy atom. The van der Waals surface area contributed by atoms with Crippen molar-refractivity contribution in [1.29, 1.82) is 0 Å². The number of aryl methyl sites for hydroxylation is 1. The van der Waals surface area contributed by atoms with E-state index in [0.29, 0.717) is 5.56 Å². The summed E-state index contributed by atoms with van der Waals surface area (Å²) in [5.74, 6) is -0.294. The largest absolute Gasteiger partial charge is 0.411 e. The van der Waals surface area contributed by atoms with Gasteiger partial charge in [-0.2, -0.15) is 0 Å². The van der Waals surface area contributed by atoms with Gasteiger partial charge in [-0.05, 0) is 6.92 Å². The predicted molar refractivity (Wildman–Crippen MR) is 45.8 cm³/mol. The van der Waals surface area contributed by atoms with Crippen molar-refractivity contribution in [3.8, 4) is 0 Å². The highest BCUT2D eigenvalue weighted by Crippen LogP contribution is 2.02. The second-order valence-electron chi connectivity index (χ2n) is 2.47. The number of Topliss-reactive ketones (excluding diaryl/α,β-unsaturated/α-hetero) is 1. The number of hydrogen-bond donors (Lipinski definition) is 1. The third-order valence-corrected chi connectivity index (χ3v) is 1.51. The molecule has 3 heteroatoms. The Labute approximate surface area is 70.3 Å². The molecule has 0 aliphatic heterocycles. The molecule has 0 aromatic heterocycles. The molecule has 1 aromatic carbocycles. The number of carbonyl (C=O) groups excluding carboxylic acids is 1. The summed E-state index contributed by atoms with van der Waals surface area (Å²) < 4.78 is 0. The van der Waals surface area contributed by atoms with E-state index in [1.54, 1.807) is 12.1 Å². The van der Waals surface area contributed by atoms with Crippen LogP contribution in [0.5, 0.6) is 0 Å². The molecule has 12 heavy (non-hydrogen) atoms. The summed E-state index contributed by atoms with van der Waals surface area (Å²) >= 11 is 0. The molecule has 0 unspecified atom stereocenters. The summed E-state index contributed by atoms with van der Waals surface area (Å²) in [6.07, 6.45) is 0.880. The quantitative estimate of drug-likeness (QED) is 0.312. The number of rotatable bonds is 2. The second kappa shape index (κ2) is 3.67. The third-order valence-electron chi connectivity index (χ3n) is 1.51. The van der Waals surface area contributed by atoms with E-state index >= 15 is 0 Å². The van der Waals surface area contributed by atoms with E-state index in [-0.39, 0.29) is 5.78 Å². The molecule has 0 amide bonds. The maximum absolute atomic E-state index is 11.0. The average molecular weight is 163 g/mol. The maximum atomic E-state index is 11.0. The molecule has 0 saturated carbocycles. The summed E-state index contributed by atoms with van der Waals surface area (Å²) in [4.78, 5) is 11.0. The standard InChI is InChI=1S/C9H9NO2/c1-7-2-4-8(5-3-7)9(11)6-10-12/h2-6,12H,1H3/b10-6-. The van der Waals surface area contributed by atoms with Crippen LogP contribution < -0.4 is 0 Å². The molecular formula is C9H9NO2. The average Bonchev–Trinajstić information content (AvgIpc) is 2.06. The molecule has 0 heterocycles. The Morgan fingerprint density at radius 1 is 1.42 bits per heavy atom. The molecule has 0 spiro atoms. The SMILES string of the molecule is Cc1ccc(C(=O)/C=N\O)cc1. The van der Waals surface area contributed by atoms with Gasteiger partial charge < -0.3 is 5.21 Å². The minimum absolute atomic E-state index is 0.294. The second-order valence-corrected chi connectivity index (χ2v) is 2.47. The summed E-state index contributed by atoms with van der Waals surface area (Å²) in [7, 11) is 0. The van der Waals surface area contributed by atoms with Crippen molar-refractivity contribution in [3.63, 3.8) is 0 Å². The van der Waals surface area contributed by atoms with E-state index < -0.39 is 0 Å². The van der Waals surface area contributed by atoms with Gasteiger partial charge in [0, 0.05) is 5.56 Å². The Kier molecular flexibility index (Phi) is 2.58. The molecule has 0 radical (unpaired) electrons. The zero-order valence-electron chi connectivity index (χ0n) is 6.69. The Morgan fingerprint density at radius 2 is 2.00 bits per heavy atom. The lowest BCUT2D eigenvalue weighted by molar-refractivity contribution is 0.106. The fourth-order valence-electron chi connectivity index (χ4n) is 0.845. The van der Waals surface area contributed by atoms with Crippen LogP contribution in [0, 0.1) is 6.92 Å². The summed E-state index contributed by atoms with van der Waals surface area (Å²) in [6, 6.07) is 7.05. The number of benzene rings is 1. The van der Waals surface area contributed by atoms with Crippen molar-refractivity contribution in [2.45, 2.75) is 6.92 Å². The van der Waals surface area contributed by atoms with Crippen molar-refractivity contribution < 1.29 is 10.0 Å². The van der Waals surface area contributed by atoms with Crippen molar-refractivity contribution in [3.05, 3.63) is 35.4 Å². The Balaban J connectivity index is 2.90. The van der Waals surface area contributed by atoms with Gasteiger partial charge in [0.15, 0.2) is 0 Å². The van der Waals surface area contributed by atoms with Gasteiger partial charge in [0.25, 0.3) is 0 Å². The van der Waals surface area contributed by atoms with Crippen molar-refractivity contribution in [1.82, 2.24) is 0 Å². The Bertz CT molecular complexity index is 301. The fourth-order valence-corrected chi connectivity index (χ4v) is 0.845. The van der Waals surface area contributed by atoms with Crippen LogP contribution in [0.2, 0.25) is 0 Å². The van der Waals surface area contributed by atoms with Crippen LogP contribution in [0.25, 0.3) is 0 Å². The minimum Gasteiger partial charge on any atom is -0.411 e. The van der Waals surface area contributed by atoms with Gasteiger partial charge in [-0.3, -0.25) is 4.79 Å². The highest BCUT2D eigenvalue weighted by atomic mass is 16.4.